The van der Waals surface area contributed by atoms with E-state index >= 15 is 0 Å². The number of nitrogens with two attached hydrogens (primary N) is 1. The number of aromatic nitrogens is 1. The summed E-state index contributed by atoms with van der Waals surface area (Å²) < 4.78 is 0. The summed E-state index contributed by atoms with van der Waals surface area (Å²) in [7, 11) is 0. The number of thioether (sulfide) groups is 1. The van der Waals surface area contributed by atoms with Crippen molar-refractivity contribution in [2.45, 2.75) is 112 Å². The number of carbonyl (C=O) groups excluding carboxylic acids is 7. The average Bonchev–Trinajstić information content (AvgIpc) is 3.69. The number of H-pyrrole nitrogens is 1. The molecule has 55 heavy (non-hydrogen) atoms. The highest BCUT2D eigenvalue weighted by Gasteiger charge is 2.44. The summed E-state index contributed by atoms with van der Waals surface area (Å²) in [5, 5.41) is 48.6. The van der Waals surface area contributed by atoms with E-state index < -0.39 is 108 Å². The third-order valence-electron chi connectivity index (χ3n) is 9.97. The topological polar surface area (TPSA) is 297 Å². The third kappa shape index (κ3) is 9.55. The summed E-state index contributed by atoms with van der Waals surface area (Å²) in [6, 6.07) is -2.62. The van der Waals surface area contributed by atoms with Gasteiger partial charge in [-0.15, -0.1) is 11.8 Å². The summed E-state index contributed by atoms with van der Waals surface area (Å²) >= 11 is 1.10. The summed E-state index contributed by atoms with van der Waals surface area (Å²) in [5.74, 6) is -6.07. The van der Waals surface area contributed by atoms with Crippen molar-refractivity contribution in [3.63, 3.8) is 0 Å². The molecule has 7 amide bonds. The summed E-state index contributed by atoms with van der Waals surface area (Å²) in [5.41, 5.74) is 5.27. The number of benzene rings is 1. The minimum atomic E-state index is -1.67. The number of aliphatic hydroxyl groups is 3. The third-order valence-corrected chi connectivity index (χ3v) is 11.1. The predicted octanol–water partition coefficient (Wildman–Crippen LogP) is -3.78. The number of nitrogens with zero attached hydrogens (tertiary/aromatic N) is 1. The fraction of sp³-hybridized carbons (Fsp3) is 0.571. The molecule has 5 rings (SSSR count). The van der Waals surface area contributed by atoms with Gasteiger partial charge in [-0.1, -0.05) is 18.2 Å². The van der Waals surface area contributed by atoms with Gasteiger partial charge in [0.15, 0.2) is 0 Å². The second kappa shape index (κ2) is 16.9. The number of hydrogen-bond acceptors (Lipinski definition) is 12. The number of nitrogens with one attached hydrogen (secondary N) is 7. The fourth-order valence-electron chi connectivity index (χ4n) is 6.76. The normalized spacial score (nSPS) is 30.8. The second-order valence-corrected chi connectivity index (χ2v) is 15.7. The molecule has 1 saturated heterocycles. The number of amides is 7. The van der Waals surface area contributed by atoms with Crippen LogP contribution in [0.2, 0.25) is 0 Å². The van der Waals surface area contributed by atoms with Gasteiger partial charge in [0, 0.05) is 49.0 Å². The van der Waals surface area contributed by atoms with Crippen molar-refractivity contribution in [2.24, 2.45) is 5.73 Å². The Morgan fingerprint density at radius 2 is 1.51 bits per heavy atom. The Morgan fingerprint density at radius 3 is 2.18 bits per heavy atom. The first-order valence-electron chi connectivity index (χ1n) is 18.0. The van der Waals surface area contributed by atoms with E-state index in [-0.39, 0.29) is 31.7 Å². The highest BCUT2D eigenvalue weighted by atomic mass is 32.2. The van der Waals surface area contributed by atoms with Gasteiger partial charge in [0.05, 0.1) is 22.8 Å². The van der Waals surface area contributed by atoms with Crippen LogP contribution in [0.15, 0.2) is 29.3 Å². The Kier molecular flexibility index (Phi) is 12.8. The van der Waals surface area contributed by atoms with Crippen LogP contribution < -0.4 is 37.6 Å². The number of fused-ring (bicyclic) bond motifs is 5. The molecule has 10 atom stereocenters. The average molecular weight is 788 g/mol. The molecule has 2 bridgehead atoms. The standard InChI is InChI=1S/C35H49N9O10S/c1-15-27(47)39-22-10-20-19-7-5-6-8-21(19)42-33(20)55-13-24(34(53)44-12-18(46)9-25(44)31(51)38-15)41-32(52)26(17(3)45)43-28(48)16(2)37-30(50)23(40-29(22)49)11-35(4,54)14-36/h5-8,15-18,22-26,42,45-46,54H,9-14,36H2,1-4H3,(H,37,50)(H,38,51)(H,39,47)(H,40,49)(H,41,52)(H,43,48)/t15-,16+,17-,18+,22-,23+,24+,25+,26+,35-/m0/s1. The molecule has 0 saturated carbocycles. The lowest BCUT2D eigenvalue weighted by atomic mass is 9.95. The Hall–Kier alpha value is -4.76. The molecule has 2 aromatic rings. The summed E-state index contributed by atoms with van der Waals surface area (Å²) in [4.78, 5) is 101. The molecule has 3 aliphatic heterocycles. The maximum absolute atomic E-state index is 14.3. The maximum atomic E-state index is 14.3. The van der Waals surface area contributed by atoms with Gasteiger partial charge < -0.3 is 62.8 Å². The van der Waals surface area contributed by atoms with Gasteiger partial charge in [-0.3, -0.25) is 33.6 Å². The molecule has 1 fully saturated rings. The number of rotatable bonds is 4. The molecule has 0 spiro atoms. The summed E-state index contributed by atoms with van der Waals surface area (Å²) in [6.07, 6.45) is -3.35. The van der Waals surface area contributed by atoms with Crippen LogP contribution in [-0.2, 0) is 40.0 Å². The fourth-order valence-corrected chi connectivity index (χ4v) is 7.87. The van der Waals surface area contributed by atoms with Crippen LogP contribution in [0.3, 0.4) is 0 Å². The van der Waals surface area contributed by atoms with Crippen LogP contribution >= 0.6 is 11.8 Å². The number of aromatic amines is 1. The molecular weight excluding hydrogens is 739 g/mol. The molecule has 0 aliphatic carbocycles. The largest absolute Gasteiger partial charge is 0.391 e. The van der Waals surface area contributed by atoms with Crippen molar-refractivity contribution in [1.29, 1.82) is 0 Å². The number of para-hydroxylation sites is 1. The van der Waals surface area contributed by atoms with Gasteiger partial charge in [-0.05, 0) is 39.3 Å². The molecule has 12 N–H and O–H groups in total. The van der Waals surface area contributed by atoms with Crippen molar-refractivity contribution in [1.82, 2.24) is 41.8 Å². The smallest absolute Gasteiger partial charge is 0.246 e. The van der Waals surface area contributed by atoms with Gasteiger partial charge in [-0.2, -0.15) is 0 Å². The summed E-state index contributed by atoms with van der Waals surface area (Å²) in [6.45, 7) is 4.70. The van der Waals surface area contributed by atoms with E-state index in [4.69, 9.17) is 5.73 Å². The van der Waals surface area contributed by atoms with Crippen LogP contribution in [0.1, 0.15) is 46.1 Å². The second-order valence-electron chi connectivity index (χ2n) is 14.7. The van der Waals surface area contributed by atoms with Crippen molar-refractivity contribution < 1.29 is 48.9 Å². The lowest BCUT2D eigenvalue weighted by Crippen LogP contribution is -2.62. The van der Waals surface area contributed by atoms with Gasteiger partial charge in [0.25, 0.3) is 0 Å². The highest BCUT2D eigenvalue weighted by molar-refractivity contribution is 7.99. The molecule has 1 aromatic heterocycles. The van der Waals surface area contributed by atoms with Crippen LogP contribution in [0, 0.1) is 0 Å². The Labute approximate surface area is 320 Å². The van der Waals surface area contributed by atoms with Crippen molar-refractivity contribution >= 4 is 64.0 Å². The zero-order valence-electron chi connectivity index (χ0n) is 30.9. The van der Waals surface area contributed by atoms with Crippen LogP contribution in [-0.4, -0.2) is 145 Å². The van der Waals surface area contributed by atoms with Crippen molar-refractivity contribution in [3.05, 3.63) is 29.8 Å². The zero-order valence-corrected chi connectivity index (χ0v) is 31.7. The zero-order chi connectivity index (χ0) is 40.4. The van der Waals surface area contributed by atoms with Gasteiger partial charge >= 0.3 is 0 Å². The molecule has 20 heteroatoms. The van der Waals surface area contributed by atoms with E-state index in [9.17, 15) is 48.9 Å². The van der Waals surface area contributed by atoms with Crippen molar-refractivity contribution in [3.8, 4) is 0 Å². The van der Waals surface area contributed by atoms with Gasteiger partial charge in [-0.25, -0.2) is 0 Å². The first-order valence-corrected chi connectivity index (χ1v) is 19.0. The lowest BCUT2D eigenvalue weighted by Gasteiger charge is -2.31. The molecule has 0 unspecified atom stereocenters. The van der Waals surface area contributed by atoms with E-state index in [0.717, 1.165) is 16.7 Å². The molecule has 0 radical (unpaired) electrons. The Morgan fingerprint density at radius 1 is 0.873 bits per heavy atom. The van der Waals surface area contributed by atoms with E-state index in [1.165, 1.54) is 27.7 Å². The Balaban J connectivity index is 1.69. The number of aliphatic hydroxyl groups excluding tert-OH is 2. The first kappa shape index (κ1) is 41.4. The monoisotopic (exact) mass is 787 g/mol. The van der Waals surface area contributed by atoms with Crippen LogP contribution in [0.5, 0.6) is 0 Å². The number of hydrogen-bond donors (Lipinski definition) is 11. The van der Waals surface area contributed by atoms with Gasteiger partial charge in [0.1, 0.15) is 42.3 Å². The molecular formula is C35H49N9O10S. The molecule has 3 aliphatic rings. The SMILES string of the molecule is C[C@@H]1NC(=O)[C@H]2C[C@@H](O)CN2C(=O)[C@H]2CSc3[nH]c4ccccc4c3C[C@H](NC1=O)C(=O)N[C@H](C[C@](C)(O)CN)C(=O)N[C@H](C)C(=O)N[C@H]([C@H](C)O)C(=O)N2. The van der Waals surface area contributed by atoms with Crippen LogP contribution in [0.25, 0.3) is 10.9 Å². The first-order chi connectivity index (χ1) is 25.9. The lowest BCUT2D eigenvalue weighted by molar-refractivity contribution is -0.142. The van der Waals surface area contributed by atoms with E-state index in [1.807, 2.05) is 0 Å². The molecule has 1 aromatic carbocycles. The van der Waals surface area contributed by atoms with Crippen molar-refractivity contribution in [2.75, 3.05) is 18.8 Å². The Bertz CT molecular complexity index is 1840. The number of carbonyl (C=O) groups is 7. The maximum Gasteiger partial charge on any atom is 0.246 e. The minimum Gasteiger partial charge on any atom is -0.391 e. The van der Waals surface area contributed by atoms with Gasteiger partial charge in [0.2, 0.25) is 41.4 Å². The van der Waals surface area contributed by atoms with E-state index in [0.29, 0.717) is 21.5 Å². The minimum absolute atomic E-state index is 0.159. The van der Waals surface area contributed by atoms with Crippen LogP contribution in [0.4, 0.5) is 0 Å². The van der Waals surface area contributed by atoms with E-state index in [2.05, 4.69) is 36.9 Å². The predicted molar refractivity (Wildman–Crippen MR) is 198 cm³/mol. The highest BCUT2D eigenvalue weighted by Crippen LogP contribution is 2.32. The molecule has 19 nitrogen and oxygen atoms in total. The quantitative estimate of drug-likeness (QED) is 0.142. The molecule has 300 valence electrons. The van der Waals surface area contributed by atoms with E-state index in [1.54, 1.807) is 24.3 Å². The molecule has 4 heterocycles.